The number of carboxylic acids is 1. The van der Waals surface area contributed by atoms with Crippen molar-refractivity contribution in [1.82, 2.24) is 25.2 Å². The highest BCUT2D eigenvalue weighted by molar-refractivity contribution is 5.99. The number of nitrogens with one attached hydrogen (secondary N) is 1. The van der Waals surface area contributed by atoms with Gasteiger partial charge in [-0.25, -0.2) is 28.5 Å². The van der Waals surface area contributed by atoms with E-state index >= 15 is 0 Å². The number of likely N-dealkylation sites (tertiary alicyclic amines) is 1. The second-order valence-corrected chi connectivity index (χ2v) is 17.3. The molecule has 6 aliphatic rings. The van der Waals surface area contributed by atoms with E-state index in [0.717, 1.165) is 63.1 Å². The topological polar surface area (TPSA) is 121 Å². The summed E-state index contributed by atoms with van der Waals surface area (Å²) in [4.78, 5) is 43.2. The fraction of sp³-hybridized carbons (Fsp3) is 0.718. The van der Waals surface area contributed by atoms with E-state index in [1.165, 1.54) is 0 Å². The highest BCUT2D eigenvalue weighted by atomic mass is 19.4. The molecule has 4 aliphatic carbocycles. The number of hydrogen-bond acceptors (Lipinski definition) is 8. The maximum atomic E-state index is 14.8. The van der Waals surface area contributed by atoms with Crippen LogP contribution in [0.2, 0.25) is 0 Å². The predicted octanol–water partition coefficient (Wildman–Crippen LogP) is 7.53. The van der Waals surface area contributed by atoms with E-state index in [1.54, 1.807) is 18.0 Å². The number of aromatic nitrogens is 3. The molecule has 54 heavy (non-hydrogen) atoms. The summed E-state index contributed by atoms with van der Waals surface area (Å²) in [5, 5.41) is 13.1. The molecule has 0 radical (unpaired) electrons. The molecule has 2 N–H and O–H groups in total. The number of rotatable bonds is 7. The maximum absolute atomic E-state index is 14.8. The Balaban J connectivity index is 1.05. The SMILES string of the molecule is CC1CC2CC(C)C(NC(=O)c3cnc(N4CC5(CCCCC5)c5cc(OC6CCC(N7CC(F)(F)C7)CC6)ncc54)nc3C(F)(F)F)(C(=O)O)C(C1)C2. The van der Waals surface area contributed by atoms with Crippen LogP contribution in [0, 0.1) is 23.7 Å². The van der Waals surface area contributed by atoms with Crippen LogP contribution >= 0.6 is 0 Å². The monoisotopic (exact) mass is 760 g/mol. The van der Waals surface area contributed by atoms with E-state index in [0.29, 0.717) is 56.1 Å². The van der Waals surface area contributed by atoms with Gasteiger partial charge in [-0.3, -0.25) is 9.69 Å². The number of carbonyl (C=O) groups is 2. The van der Waals surface area contributed by atoms with E-state index in [-0.39, 0.29) is 42.5 Å². The molecule has 5 atom stereocenters. The van der Waals surface area contributed by atoms with Crippen LogP contribution < -0.4 is 15.0 Å². The van der Waals surface area contributed by atoms with E-state index < -0.39 is 52.6 Å². The molecule has 2 aliphatic heterocycles. The Morgan fingerprint density at radius 2 is 1.67 bits per heavy atom. The van der Waals surface area contributed by atoms with Gasteiger partial charge in [-0.1, -0.05) is 33.1 Å². The van der Waals surface area contributed by atoms with Crippen molar-refractivity contribution in [3.8, 4) is 5.88 Å². The molecule has 2 aromatic rings. The van der Waals surface area contributed by atoms with Crippen LogP contribution in [0.1, 0.15) is 119 Å². The lowest BCUT2D eigenvalue weighted by Gasteiger charge is -2.52. The summed E-state index contributed by atoms with van der Waals surface area (Å²) < 4.78 is 77.6. The fourth-order valence-corrected chi connectivity index (χ4v) is 11.1. The number of carbonyl (C=O) groups excluding carboxylic acids is 1. The molecule has 4 heterocycles. The number of halogens is 5. The number of pyridine rings is 1. The van der Waals surface area contributed by atoms with Crippen molar-refractivity contribution in [3.05, 3.63) is 35.3 Å². The highest BCUT2D eigenvalue weighted by Gasteiger charge is 2.57. The van der Waals surface area contributed by atoms with Crippen LogP contribution in [-0.2, 0) is 16.4 Å². The Morgan fingerprint density at radius 3 is 2.33 bits per heavy atom. The summed E-state index contributed by atoms with van der Waals surface area (Å²) in [6, 6.07) is 2.01. The van der Waals surface area contributed by atoms with E-state index in [4.69, 9.17) is 4.74 Å². The predicted molar refractivity (Wildman–Crippen MR) is 188 cm³/mol. The molecule has 15 heteroatoms. The first-order chi connectivity index (χ1) is 25.6. The number of carboxylic acid groups (broad SMARTS) is 1. The van der Waals surface area contributed by atoms with Crippen molar-refractivity contribution in [1.29, 1.82) is 0 Å². The molecule has 8 rings (SSSR count). The first kappa shape index (κ1) is 37.3. The zero-order chi connectivity index (χ0) is 38.2. The minimum Gasteiger partial charge on any atom is -0.479 e. The van der Waals surface area contributed by atoms with Gasteiger partial charge >= 0.3 is 12.1 Å². The Morgan fingerprint density at radius 1 is 0.944 bits per heavy atom. The Kier molecular flexibility index (Phi) is 9.36. The molecule has 294 valence electrons. The molecule has 2 bridgehead atoms. The average Bonchev–Trinajstić information content (AvgIpc) is 3.40. The second kappa shape index (κ2) is 13.5. The van der Waals surface area contributed by atoms with Gasteiger partial charge in [-0.05, 0) is 93.4 Å². The van der Waals surface area contributed by atoms with Crippen LogP contribution in [0.15, 0.2) is 18.5 Å². The van der Waals surface area contributed by atoms with Crippen molar-refractivity contribution >= 4 is 23.5 Å². The molecule has 1 saturated heterocycles. The number of nitrogens with zero attached hydrogens (tertiary/aromatic N) is 5. The third-order valence-electron chi connectivity index (χ3n) is 13.7. The van der Waals surface area contributed by atoms with Gasteiger partial charge in [0.05, 0.1) is 30.5 Å². The van der Waals surface area contributed by atoms with Gasteiger partial charge in [-0.15, -0.1) is 0 Å². The van der Waals surface area contributed by atoms with Crippen LogP contribution in [0.3, 0.4) is 0 Å². The van der Waals surface area contributed by atoms with Gasteiger partial charge in [0.15, 0.2) is 5.69 Å². The van der Waals surface area contributed by atoms with E-state index in [9.17, 15) is 36.6 Å². The molecule has 0 aromatic carbocycles. The second-order valence-electron chi connectivity index (χ2n) is 17.3. The van der Waals surface area contributed by atoms with E-state index in [1.807, 2.05) is 17.9 Å². The van der Waals surface area contributed by atoms with Crippen molar-refractivity contribution in [2.75, 3.05) is 24.5 Å². The van der Waals surface area contributed by atoms with Crippen molar-refractivity contribution in [2.45, 2.75) is 133 Å². The Hall–Kier alpha value is -3.62. The highest BCUT2D eigenvalue weighted by Crippen LogP contribution is 2.53. The number of hydrogen-bond donors (Lipinski definition) is 2. The Bertz CT molecular complexity index is 1770. The summed E-state index contributed by atoms with van der Waals surface area (Å²) in [6.45, 7) is 3.76. The number of alkyl halides is 5. The van der Waals surface area contributed by atoms with Gasteiger partial charge in [-0.2, -0.15) is 13.2 Å². The van der Waals surface area contributed by atoms with Gasteiger partial charge in [0, 0.05) is 30.3 Å². The van der Waals surface area contributed by atoms with Crippen LogP contribution in [0.5, 0.6) is 5.88 Å². The number of amides is 1. The fourth-order valence-electron chi connectivity index (χ4n) is 11.1. The number of ether oxygens (including phenoxy) is 1. The third-order valence-corrected chi connectivity index (χ3v) is 13.7. The summed E-state index contributed by atoms with van der Waals surface area (Å²) >= 11 is 0. The molecule has 5 unspecified atom stereocenters. The standard InChI is InChI=1S/C39H49F5N6O4/c1-22-12-24-14-23(2)38(34(52)53,25(13-22)15-24)48-33(51)28-17-46-35(47-32(28)39(42,43)44)50-19-36(10-4-3-5-11-36)29-16-31(45-18-30(29)50)54-27-8-6-26(7-9-27)49-20-37(40,41)21-49/h16-18,22-27H,3-15,19-21H2,1-2H3,(H,48,51)(H,52,53). The lowest BCUT2D eigenvalue weighted by Crippen LogP contribution is -2.66. The summed E-state index contributed by atoms with van der Waals surface area (Å²) in [7, 11) is 0. The van der Waals surface area contributed by atoms with Gasteiger partial charge < -0.3 is 20.1 Å². The molecule has 5 fully saturated rings. The summed E-state index contributed by atoms with van der Waals surface area (Å²) in [5.74, 6) is -5.10. The zero-order valence-electron chi connectivity index (χ0n) is 30.8. The zero-order valence-corrected chi connectivity index (χ0v) is 30.8. The normalized spacial score (nSPS) is 33.1. The van der Waals surface area contributed by atoms with Crippen LogP contribution in [0.4, 0.5) is 33.6 Å². The quantitative estimate of drug-likeness (QED) is 0.276. The molecule has 10 nitrogen and oxygen atoms in total. The van der Waals surface area contributed by atoms with Gasteiger partial charge in [0.1, 0.15) is 11.6 Å². The minimum atomic E-state index is -5.03. The van der Waals surface area contributed by atoms with Crippen molar-refractivity contribution in [2.24, 2.45) is 23.7 Å². The average molecular weight is 761 g/mol. The first-order valence-electron chi connectivity index (χ1n) is 19.6. The lowest BCUT2D eigenvalue weighted by atomic mass is 9.56. The van der Waals surface area contributed by atoms with E-state index in [2.05, 4.69) is 20.3 Å². The molecular formula is C39H49F5N6O4. The van der Waals surface area contributed by atoms with Crippen molar-refractivity contribution in [3.63, 3.8) is 0 Å². The maximum Gasteiger partial charge on any atom is 0.434 e. The third kappa shape index (κ3) is 6.59. The van der Waals surface area contributed by atoms with Gasteiger partial charge in [0.25, 0.3) is 11.8 Å². The number of anilines is 2. The summed E-state index contributed by atoms with van der Waals surface area (Å²) in [5.41, 5.74) is -2.82. The van der Waals surface area contributed by atoms with Gasteiger partial charge in [0.2, 0.25) is 11.8 Å². The smallest absolute Gasteiger partial charge is 0.434 e. The summed E-state index contributed by atoms with van der Waals surface area (Å²) in [6.07, 6.45) is 7.53. The van der Waals surface area contributed by atoms with Crippen molar-refractivity contribution < 1.29 is 41.4 Å². The van der Waals surface area contributed by atoms with Crippen LogP contribution in [-0.4, -0.2) is 80.1 Å². The molecular weight excluding hydrogens is 711 g/mol. The lowest BCUT2D eigenvalue weighted by molar-refractivity contribution is -0.155. The minimum absolute atomic E-state index is 0.119. The molecule has 1 spiro atoms. The number of fused-ring (bicyclic) bond motifs is 4. The molecule has 4 saturated carbocycles. The first-order valence-corrected chi connectivity index (χ1v) is 19.6. The van der Waals surface area contributed by atoms with Crippen LogP contribution in [0.25, 0.3) is 0 Å². The number of aliphatic carboxylic acids is 1. The largest absolute Gasteiger partial charge is 0.479 e. The molecule has 2 aromatic heterocycles. The Labute approximate surface area is 311 Å². The molecule has 1 amide bonds.